The lowest BCUT2D eigenvalue weighted by atomic mass is 10.2. The van der Waals surface area contributed by atoms with Gasteiger partial charge in [-0.2, -0.15) is 18.3 Å². The number of nitrogens with zero attached hydrogens (tertiary/aromatic N) is 2. The van der Waals surface area contributed by atoms with Crippen LogP contribution in [-0.4, -0.2) is 15.8 Å². The van der Waals surface area contributed by atoms with Crippen LogP contribution >= 0.6 is 23.8 Å². The van der Waals surface area contributed by atoms with Crippen molar-refractivity contribution in [1.82, 2.24) is 10.4 Å². The Labute approximate surface area is 146 Å². The summed E-state index contributed by atoms with van der Waals surface area (Å²) in [5.74, 6) is 0. The van der Waals surface area contributed by atoms with Crippen LogP contribution < -0.4 is 10.7 Å². The van der Waals surface area contributed by atoms with Gasteiger partial charge in [0.1, 0.15) is 0 Å². The van der Waals surface area contributed by atoms with E-state index in [1.807, 2.05) is 6.07 Å². The van der Waals surface area contributed by atoms with Crippen LogP contribution in [-0.2, 0) is 6.18 Å². The summed E-state index contributed by atoms with van der Waals surface area (Å²) >= 11 is 10.9. The number of alkyl halides is 3. The van der Waals surface area contributed by atoms with E-state index in [4.69, 9.17) is 23.8 Å². The molecule has 0 amide bonds. The highest BCUT2D eigenvalue weighted by molar-refractivity contribution is 7.80. The van der Waals surface area contributed by atoms with Crippen LogP contribution in [0.25, 0.3) is 0 Å². The van der Waals surface area contributed by atoms with Crippen LogP contribution in [0, 0.1) is 0 Å². The topological polar surface area (TPSA) is 49.3 Å². The number of hydrogen-bond acceptors (Lipinski definition) is 3. The van der Waals surface area contributed by atoms with Crippen molar-refractivity contribution in [3.63, 3.8) is 0 Å². The predicted octanol–water partition coefficient (Wildman–Crippen LogP) is 4.46. The van der Waals surface area contributed by atoms with E-state index in [9.17, 15) is 13.2 Å². The van der Waals surface area contributed by atoms with Crippen LogP contribution in [0.15, 0.2) is 47.8 Å². The molecular weight excluding hydrogens is 361 g/mol. The molecule has 0 aliphatic heterocycles. The Morgan fingerprint density at radius 3 is 2.67 bits per heavy atom. The number of hydrogen-bond donors (Lipinski definition) is 2. The van der Waals surface area contributed by atoms with Gasteiger partial charge in [0.2, 0.25) is 0 Å². The number of aromatic nitrogens is 1. The van der Waals surface area contributed by atoms with E-state index in [0.717, 1.165) is 23.8 Å². The molecule has 0 atom stereocenters. The van der Waals surface area contributed by atoms with Gasteiger partial charge in [-0.3, -0.25) is 10.4 Å². The number of halogens is 4. The normalized spacial score (nSPS) is 12.0. The van der Waals surface area contributed by atoms with Crippen LogP contribution in [0.2, 0.25) is 5.02 Å². The molecule has 0 fully saturated rings. The Balaban J connectivity index is 2.07. The van der Waals surface area contributed by atoms with Crippen molar-refractivity contribution in [2.75, 3.05) is 5.32 Å². The predicted molar refractivity (Wildman–Crippen MR) is 92.3 cm³/mol. The molecule has 24 heavy (non-hydrogen) atoms. The molecule has 2 rings (SSSR count). The molecule has 0 spiro atoms. The van der Waals surface area contributed by atoms with E-state index in [2.05, 4.69) is 20.8 Å². The van der Waals surface area contributed by atoms with Crippen molar-refractivity contribution in [2.24, 2.45) is 5.10 Å². The first-order chi connectivity index (χ1) is 11.3. The average Bonchev–Trinajstić information content (AvgIpc) is 2.54. The molecule has 9 heteroatoms. The fourth-order valence-corrected chi connectivity index (χ4v) is 2.04. The first kappa shape index (κ1) is 18.2. The minimum Gasteiger partial charge on any atom is -0.330 e. The van der Waals surface area contributed by atoms with Gasteiger partial charge in [0, 0.05) is 18.0 Å². The molecule has 1 aromatic heterocycles. The SMILES string of the molecule is C/C(=N/NC(=S)Nc1cc(C(F)(F)F)ccc1Cl)c1cccnc1. The zero-order chi connectivity index (χ0) is 17.7. The zero-order valence-corrected chi connectivity index (χ0v) is 13.9. The van der Waals surface area contributed by atoms with E-state index < -0.39 is 11.7 Å². The molecule has 0 radical (unpaired) electrons. The van der Waals surface area contributed by atoms with Crippen LogP contribution in [0.1, 0.15) is 18.1 Å². The van der Waals surface area contributed by atoms with E-state index in [1.165, 1.54) is 0 Å². The van der Waals surface area contributed by atoms with Crippen molar-refractivity contribution in [2.45, 2.75) is 13.1 Å². The van der Waals surface area contributed by atoms with E-state index in [-0.39, 0.29) is 15.8 Å². The van der Waals surface area contributed by atoms with Gasteiger partial charge in [-0.15, -0.1) is 0 Å². The molecule has 0 bridgehead atoms. The summed E-state index contributed by atoms with van der Waals surface area (Å²) in [5.41, 5.74) is 3.16. The van der Waals surface area contributed by atoms with Crippen LogP contribution in [0.3, 0.4) is 0 Å². The highest BCUT2D eigenvalue weighted by atomic mass is 35.5. The van der Waals surface area contributed by atoms with Crippen molar-refractivity contribution in [1.29, 1.82) is 0 Å². The summed E-state index contributed by atoms with van der Waals surface area (Å²) in [4.78, 5) is 3.96. The number of benzene rings is 1. The second-order valence-electron chi connectivity index (χ2n) is 4.70. The summed E-state index contributed by atoms with van der Waals surface area (Å²) in [6, 6.07) is 6.50. The highest BCUT2D eigenvalue weighted by Crippen LogP contribution is 2.33. The van der Waals surface area contributed by atoms with E-state index in [0.29, 0.717) is 5.71 Å². The number of hydrazone groups is 1. The minimum absolute atomic E-state index is 0.0134. The summed E-state index contributed by atoms with van der Waals surface area (Å²) in [7, 11) is 0. The fourth-order valence-electron chi connectivity index (χ4n) is 1.72. The standard InChI is InChI=1S/C15H12ClF3N4S/c1-9(10-3-2-6-20-8-10)22-23-14(24)21-13-7-11(15(17,18)19)4-5-12(13)16/h2-8H,1H3,(H2,21,23,24)/b22-9-. The third-order valence-electron chi connectivity index (χ3n) is 2.95. The maximum absolute atomic E-state index is 12.7. The van der Waals surface area contributed by atoms with Gasteiger partial charge >= 0.3 is 6.18 Å². The highest BCUT2D eigenvalue weighted by Gasteiger charge is 2.31. The van der Waals surface area contributed by atoms with Crippen molar-refractivity contribution in [3.8, 4) is 0 Å². The lowest BCUT2D eigenvalue weighted by Crippen LogP contribution is -2.25. The number of pyridine rings is 1. The average molecular weight is 373 g/mol. The Bertz CT molecular complexity index is 763. The fraction of sp³-hybridized carbons (Fsp3) is 0.133. The maximum atomic E-state index is 12.7. The quantitative estimate of drug-likeness (QED) is 0.474. The maximum Gasteiger partial charge on any atom is 0.416 e. The number of thiocarbonyl (C=S) groups is 1. The van der Waals surface area contributed by atoms with Gasteiger partial charge in [0.05, 0.1) is 22.0 Å². The van der Waals surface area contributed by atoms with Crippen LogP contribution in [0.4, 0.5) is 18.9 Å². The Morgan fingerprint density at radius 2 is 2.04 bits per heavy atom. The Kier molecular flexibility index (Phi) is 5.74. The molecular formula is C15H12ClF3N4S. The number of anilines is 1. The van der Waals surface area contributed by atoms with E-state index >= 15 is 0 Å². The van der Waals surface area contributed by atoms with Gasteiger partial charge in [-0.1, -0.05) is 17.7 Å². The Morgan fingerprint density at radius 1 is 1.29 bits per heavy atom. The first-order valence-electron chi connectivity index (χ1n) is 6.66. The van der Waals surface area contributed by atoms with Crippen LogP contribution in [0.5, 0.6) is 0 Å². The largest absolute Gasteiger partial charge is 0.416 e. The molecule has 0 aliphatic rings. The summed E-state index contributed by atoms with van der Waals surface area (Å²) in [6.07, 6.45) is -1.21. The molecule has 2 aromatic rings. The smallest absolute Gasteiger partial charge is 0.330 e. The third kappa shape index (κ3) is 4.90. The summed E-state index contributed by atoms with van der Waals surface area (Å²) in [6.45, 7) is 1.74. The zero-order valence-electron chi connectivity index (χ0n) is 12.4. The monoisotopic (exact) mass is 372 g/mol. The summed E-state index contributed by atoms with van der Waals surface area (Å²) < 4.78 is 38.2. The van der Waals surface area contributed by atoms with Crippen molar-refractivity contribution >= 4 is 40.3 Å². The molecule has 0 saturated heterocycles. The van der Waals surface area contributed by atoms with Gasteiger partial charge in [-0.05, 0) is 43.4 Å². The molecule has 1 aromatic carbocycles. The number of nitrogens with one attached hydrogen (secondary N) is 2. The molecule has 0 unspecified atom stereocenters. The third-order valence-corrected chi connectivity index (χ3v) is 3.47. The van der Waals surface area contributed by atoms with Gasteiger partial charge in [-0.25, -0.2) is 0 Å². The summed E-state index contributed by atoms with van der Waals surface area (Å²) in [5, 5.41) is 6.77. The molecule has 2 N–H and O–H groups in total. The molecule has 0 aliphatic carbocycles. The Hall–Kier alpha value is -2.19. The van der Waals surface area contributed by atoms with Gasteiger partial charge in [0.15, 0.2) is 5.11 Å². The molecule has 0 saturated carbocycles. The second-order valence-corrected chi connectivity index (χ2v) is 5.51. The van der Waals surface area contributed by atoms with Crippen molar-refractivity contribution in [3.05, 3.63) is 58.9 Å². The minimum atomic E-state index is -4.47. The molecule has 1 heterocycles. The second kappa shape index (κ2) is 7.59. The molecule has 126 valence electrons. The molecule has 4 nitrogen and oxygen atoms in total. The van der Waals surface area contributed by atoms with E-state index in [1.54, 1.807) is 25.4 Å². The lowest BCUT2D eigenvalue weighted by Gasteiger charge is -2.13. The lowest BCUT2D eigenvalue weighted by molar-refractivity contribution is -0.137. The van der Waals surface area contributed by atoms with Gasteiger partial charge in [0.25, 0.3) is 0 Å². The van der Waals surface area contributed by atoms with Crippen molar-refractivity contribution < 1.29 is 13.2 Å². The first-order valence-corrected chi connectivity index (χ1v) is 7.44. The van der Waals surface area contributed by atoms with Gasteiger partial charge < -0.3 is 5.32 Å². The number of rotatable bonds is 3.